The van der Waals surface area contributed by atoms with Gasteiger partial charge in [0.05, 0.1) is 5.69 Å². The minimum atomic E-state index is 0.441. The van der Waals surface area contributed by atoms with Gasteiger partial charge in [-0.15, -0.1) is 0 Å². The third kappa shape index (κ3) is 1.67. The van der Waals surface area contributed by atoms with Crippen molar-refractivity contribution in [3.63, 3.8) is 0 Å². The Morgan fingerprint density at radius 3 is 2.90 bits per heavy atom. The van der Waals surface area contributed by atoms with Crippen molar-refractivity contribution < 1.29 is 0 Å². The fraction of sp³-hybridized carbons (Fsp3) is 0.0625. The van der Waals surface area contributed by atoms with E-state index >= 15 is 0 Å². The van der Waals surface area contributed by atoms with Crippen LogP contribution in [0.5, 0.6) is 0 Å². The quantitative estimate of drug-likeness (QED) is 0.580. The first-order chi connectivity index (χ1) is 10.3. The Labute approximate surface area is 121 Å². The van der Waals surface area contributed by atoms with Gasteiger partial charge in [-0.1, -0.05) is 12.1 Å². The predicted molar refractivity (Wildman–Crippen MR) is 83.3 cm³/mol. The normalized spacial score (nSPS) is 11.3. The van der Waals surface area contributed by atoms with Crippen LogP contribution in [0.15, 0.2) is 48.9 Å². The van der Waals surface area contributed by atoms with Crippen molar-refractivity contribution in [2.45, 2.75) is 6.92 Å². The van der Waals surface area contributed by atoms with E-state index in [-0.39, 0.29) is 0 Å². The number of nitrogens with two attached hydrogens (primary N) is 1. The van der Waals surface area contributed by atoms with Crippen molar-refractivity contribution >= 4 is 27.9 Å². The molecule has 0 bridgehead atoms. The molecule has 5 nitrogen and oxygen atoms in total. The Hall–Kier alpha value is -2.95. The van der Waals surface area contributed by atoms with Crippen LogP contribution < -0.4 is 5.73 Å². The minimum Gasteiger partial charge on any atom is -0.369 e. The Morgan fingerprint density at radius 1 is 1.10 bits per heavy atom. The van der Waals surface area contributed by atoms with Crippen LogP contribution in [0.25, 0.3) is 27.6 Å². The molecule has 0 fully saturated rings. The number of nitrogens with zero attached hydrogens (tertiary/aromatic N) is 4. The molecule has 1 aromatic carbocycles. The molecule has 0 aliphatic rings. The Bertz CT molecular complexity index is 966. The topological polar surface area (TPSA) is 69.6 Å². The van der Waals surface area contributed by atoms with Gasteiger partial charge in [-0.05, 0) is 30.7 Å². The lowest BCUT2D eigenvalue weighted by molar-refractivity contribution is 1.09. The standard InChI is InChI=1S/C16H13N5/c1-10-5-8-19-15-14(10)20-16(17)21(15)13-4-2-3-11-9-18-7-6-12(11)13/h2-9H,1H3,(H2,17,20). The number of anilines is 1. The summed E-state index contributed by atoms with van der Waals surface area (Å²) in [6, 6.07) is 9.95. The van der Waals surface area contributed by atoms with E-state index in [0.29, 0.717) is 5.95 Å². The van der Waals surface area contributed by atoms with E-state index in [0.717, 1.165) is 33.2 Å². The SMILES string of the molecule is Cc1ccnc2c1nc(N)n2-c1cccc2cnccc12. The lowest BCUT2D eigenvalue weighted by atomic mass is 10.1. The largest absolute Gasteiger partial charge is 0.369 e. The summed E-state index contributed by atoms with van der Waals surface area (Å²) in [4.78, 5) is 13.1. The van der Waals surface area contributed by atoms with E-state index in [1.54, 1.807) is 12.4 Å². The Balaban J connectivity index is 2.14. The molecule has 0 saturated carbocycles. The summed E-state index contributed by atoms with van der Waals surface area (Å²) in [7, 11) is 0. The van der Waals surface area contributed by atoms with E-state index in [9.17, 15) is 0 Å². The van der Waals surface area contributed by atoms with E-state index in [4.69, 9.17) is 5.73 Å². The van der Waals surface area contributed by atoms with Crippen molar-refractivity contribution in [1.82, 2.24) is 19.5 Å². The maximum Gasteiger partial charge on any atom is 0.207 e. The van der Waals surface area contributed by atoms with E-state index in [2.05, 4.69) is 15.0 Å². The molecule has 0 aliphatic heterocycles. The molecule has 0 radical (unpaired) electrons. The number of aryl methyl sites for hydroxylation is 1. The van der Waals surface area contributed by atoms with Gasteiger partial charge in [0.2, 0.25) is 5.95 Å². The number of nitrogen functional groups attached to an aromatic ring is 1. The van der Waals surface area contributed by atoms with Gasteiger partial charge in [-0.25, -0.2) is 9.97 Å². The average Bonchev–Trinajstić information content (AvgIpc) is 2.84. The molecular formula is C16H13N5. The fourth-order valence-corrected chi connectivity index (χ4v) is 2.65. The maximum atomic E-state index is 6.14. The zero-order chi connectivity index (χ0) is 14.4. The second kappa shape index (κ2) is 4.28. The van der Waals surface area contributed by atoms with Gasteiger partial charge in [-0.2, -0.15) is 0 Å². The zero-order valence-electron chi connectivity index (χ0n) is 11.5. The average molecular weight is 275 g/mol. The third-order valence-electron chi connectivity index (χ3n) is 3.67. The molecule has 2 N–H and O–H groups in total. The summed E-state index contributed by atoms with van der Waals surface area (Å²) < 4.78 is 1.89. The first kappa shape index (κ1) is 11.8. The number of fused-ring (bicyclic) bond motifs is 2. The highest BCUT2D eigenvalue weighted by Gasteiger charge is 2.14. The first-order valence-corrected chi connectivity index (χ1v) is 6.68. The summed E-state index contributed by atoms with van der Waals surface area (Å²) in [6.07, 6.45) is 5.40. The highest BCUT2D eigenvalue weighted by Crippen LogP contribution is 2.28. The fourth-order valence-electron chi connectivity index (χ4n) is 2.65. The number of hydrogen-bond acceptors (Lipinski definition) is 4. The van der Waals surface area contributed by atoms with Crippen LogP contribution >= 0.6 is 0 Å². The molecule has 0 atom stereocenters. The molecule has 0 unspecified atom stereocenters. The molecule has 0 aliphatic carbocycles. The van der Waals surface area contributed by atoms with Crippen LogP contribution in [0.2, 0.25) is 0 Å². The third-order valence-corrected chi connectivity index (χ3v) is 3.67. The molecule has 4 aromatic rings. The lowest BCUT2D eigenvalue weighted by Gasteiger charge is -2.09. The Kier molecular flexibility index (Phi) is 2.41. The summed E-state index contributed by atoms with van der Waals surface area (Å²) in [6.45, 7) is 2.01. The van der Waals surface area contributed by atoms with Crippen LogP contribution in [0.3, 0.4) is 0 Å². The number of imidazole rings is 1. The summed E-state index contributed by atoms with van der Waals surface area (Å²) in [5, 5.41) is 2.13. The van der Waals surface area contributed by atoms with E-state index < -0.39 is 0 Å². The molecule has 3 heterocycles. The number of hydrogen-bond donors (Lipinski definition) is 1. The van der Waals surface area contributed by atoms with Crippen LogP contribution in [0.4, 0.5) is 5.95 Å². The molecule has 5 heteroatoms. The second-order valence-corrected chi connectivity index (χ2v) is 4.98. The molecule has 0 amide bonds. The van der Waals surface area contributed by atoms with Gasteiger partial charge in [0.15, 0.2) is 5.65 Å². The van der Waals surface area contributed by atoms with Gasteiger partial charge >= 0.3 is 0 Å². The highest BCUT2D eigenvalue weighted by atomic mass is 15.2. The van der Waals surface area contributed by atoms with Gasteiger partial charge in [0.1, 0.15) is 5.52 Å². The highest BCUT2D eigenvalue weighted by molar-refractivity contribution is 5.92. The number of pyridine rings is 2. The Morgan fingerprint density at radius 2 is 2.00 bits per heavy atom. The van der Waals surface area contributed by atoms with Gasteiger partial charge < -0.3 is 5.73 Å². The molecule has 21 heavy (non-hydrogen) atoms. The second-order valence-electron chi connectivity index (χ2n) is 4.98. The van der Waals surface area contributed by atoms with E-state index in [1.165, 1.54) is 0 Å². The molecular weight excluding hydrogens is 262 g/mol. The van der Waals surface area contributed by atoms with Crippen molar-refractivity contribution in [3.05, 3.63) is 54.5 Å². The van der Waals surface area contributed by atoms with Gasteiger partial charge in [0, 0.05) is 29.4 Å². The van der Waals surface area contributed by atoms with Crippen LogP contribution in [-0.2, 0) is 0 Å². The lowest BCUT2D eigenvalue weighted by Crippen LogP contribution is -2.02. The minimum absolute atomic E-state index is 0.441. The van der Waals surface area contributed by atoms with Crippen LogP contribution in [0.1, 0.15) is 5.56 Å². The monoisotopic (exact) mass is 275 g/mol. The van der Waals surface area contributed by atoms with Crippen molar-refractivity contribution in [2.75, 3.05) is 5.73 Å². The number of aromatic nitrogens is 4. The predicted octanol–water partition coefficient (Wildman–Crippen LogP) is 2.86. The molecule has 102 valence electrons. The molecule has 4 rings (SSSR count). The summed E-state index contributed by atoms with van der Waals surface area (Å²) in [5.41, 5.74) is 9.78. The van der Waals surface area contributed by atoms with Gasteiger partial charge in [0.25, 0.3) is 0 Å². The van der Waals surface area contributed by atoms with Gasteiger partial charge in [-0.3, -0.25) is 9.55 Å². The van der Waals surface area contributed by atoms with Crippen molar-refractivity contribution in [2.24, 2.45) is 0 Å². The van der Waals surface area contributed by atoms with Crippen LogP contribution in [0, 0.1) is 6.92 Å². The smallest absolute Gasteiger partial charge is 0.207 e. The number of benzene rings is 1. The molecule has 0 spiro atoms. The molecule has 3 aromatic heterocycles. The summed E-state index contributed by atoms with van der Waals surface area (Å²) in [5.74, 6) is 0.441. The zero-order valence-corrected chi connectivity index (χ0v) is 11.5. The molecule has 0 saturated heterocycles. The number of rotatable bonds is 1. The summed E-state index contributed by atoms with van der Waals surface area (Å²) >= 11 is 0. The van der Waals surface area contributed by atoms with Crippen molar-refractivity contribution in [3.8, 4) is 5.69 Å². The van der Waals surface area contributed by atoms with E-state index in [1.807, 2.05) is 48.0 Å². The van der Waals surface area contributed by atoms with Crippen LogP contribution in [-0.4, -0.2) is 19.5 Å². The maximum absolute atomic E-state index is 6.14. The van der Waals surface area contributed by atoms with Crippen molar-refractivity contribution in [1.29, 1.82) is 0 Å². The first-order valence-electron chi connectivity index (χ1n) is 6.68.